The Balaban J connectivity index is 2.00. The molecule has 0 saturated heterocycles. The first-order valence-electron chi connectivity index (χ1n) is 6.90. The minimum absolute atomic E-state index is 0.129. The van der Waals surface area contributed by atoms with Crippen molar-refractivity contribution in [3.05, 3.63) is 65.5 Å². The molecule has 2 rings (SSSR count). The number of hydrogen-bond acceptors (Lipinski definition) is 3. The predicted molar refractivity (Wildman–Crippen MR) is 81.1 cm³/mol. The highest BCUT2D eigenvalue weighted by Gasteiger charge is 2.09. The molecule has 0 bridgehead atoms. The molecule has 0 spiro atoms. The van der Waals surface area contributed by atoms with Gasteiger partial charge in [0.25, 0.3) is 0 Å². The molecule has 0 atom stereocenters. The highest BCUT2D eigenvalue weighted by molar-refractivity contribution is 5.95. The van der Waals surface area contributed by atoms with Gasteiger partial charge in [-0.05, 0) is 42.8 Å². The van der Waals surface area contributed by atoms with Crippen molar-refractivity contribution >= 4 is 17.6 Å². The van der Waals surface area contributed by atoms with Crippen LogP contribution in [0.4, 0.5) is 10.1 Å². The van der Waals surface area contributed by atoms with Crippen molar-refractivity contribution < 1.29 is 18.7 Å². The van der Waals surface area contributed by atoms with Crippen LogP contribution in [0.3, 0.4) is 0 Å². The summed E-state index contributed by atoms with van der Waals surface area (Å²) >= 11 is 0. The Bertz CT molecular complexity index is 668. The average Bonchev–Trinajstić information content (AvgIpc) is 2.50. The van der Waals surface area contributed by atoms with E-state index in [-0.39, 0.29) is 18.1 Å². The number of benzene rings is 2. The number of anilines is 1. The van der Waals surface area contributed by atoms with Gasteiger partial charge < -0.3 is 10.1 Å². The van der Waals surface area contributed by atoms with E-state index in [0.717, 1.165) is 0 Å². The van der Waals surface area contributed by atoms with Gasteiger partial charge >= 0.3 is 5.97 Å². The summed E-state index contributed by atoms with van der Waals surface area (Å²) < 4.78 is 17.7. The van der Waals surface area contributed by atoms with E-state index in [0.29, 0.717) is 23.4 Å². The second-order valence-corrected chi connectivity index (χ2v) is 4.65. The van der Waals surface area contributed by atoms with E-state index in [4.69, 9.17) is 4.74 Å². The fraction of sp³-hybridized carbons (Fsp3) is 0.176. The Labute approximate surface area is 127 Å². The van der Waals surface area contributed by atoms with Gasteiger partial charge in [-0.1, -0.05) is 18.2 Å². The summed E-state index contributed by atoms with van der Waals surface area (Å²) in [4.78, 5) is 23.6. The van der Waals surface area contributed by atoms with E-state index in [1.165, 1.54) is 12.1 Å². The average molecular weight is 301 g/mol. The standard InChI is InChI=1S/C17H16FNO3/c1-2-22-17(21)13-4-3-5-15(11-13)19-16(20)10-12-6-8-14(18)9-7-12/h3-9,11H,2,10H2,1H3,(H,19,20). The van der Waals surface area contributed by atoms with Gasteiger partial charge in [0.05, 0.1) is 18.6 Å². The summed E-state index contributed by atoms with van der Waals surface area (Å²) in [6.07, 6.45) is 0.129. The lowest BCUT2D eigenvalue weighted by atomic mass is 10.1. The van der Waals surface area contributed by atoms with Crippen molar-refractivity contribution in [3.63, 3.8) is 0 Å². The van der Waals surface area contributed by atoms with Crippen LogP contribution >= 0.6 is 0 Å². The van der Waals surface area contributed by atoms with E-state index in [1.807, 2.05) is 0 Å². The third kappa shape index (κ3) is 4.41. The predicted octanol–water partition coefficient (Wildman–Crippen LogP) is 3.18. The molecular formula is C17H16FNO3. The van der Waals surface area contributed by atoms with Crippen LogP contribution in [0.25, 0.3) is 0 Å². The zero-order valence-electron chi connectivity index (χ0n) is 12.1. The van der Waals surface area contributed by atoms with E-state index < -0.39 is 5.97 Å². The van der Waals surface area contributed by atoms with Crippen molar-refractivity contribution in [1.29, 1.82) is 0 Å². The molecule has 0 unspecified atom stereocenters. The van der Waals surface area contributed by atoms with Crippen LogP contribution in [0.15, 0.2) is 48.5 Å². The molecule has 5 heteroatoms. The maximum absolute atomic E-state index is 12.8. The Morgan fingerprint density at radius 2 is 1.86 bits per heavy atom. The van der Waals surface area contributed by atoms with Gasteiger partial charge in [0.1, 0.15) is 5.82 Å². The van der Waals surface area contributed by atoms with Crippen molar-refractivity contribution in [1.82, 2.24) is 0 Å². The molecule has 0 aliphatic carbocycles. The fourth-order valence-corrected chi connectivity index (χ4v) is 1.93. The van der Waals surface area contributed by atoms with Crippen LogP contribution in [-0.4, -0.2) is 18.5 Å². The zero-order chi connectivity index (χ0) is 15.9. The van der Waals surface area contributed by atoms with Crippen LogP contribution < -0.4 is 5.32 Å². The molecule has 0 aliphatic heterocycles. The summed E-state index contributed by atoms with van der Waals surface area (Å²) in [6, 6.07) is 12.3. The first kappa shape index (κ1) is 15.7. The quantitative estimate of drug-likeness (QED) is 0.863. The van der Waals surface area contributed by atoms with Gasteiger partial charge in [0, 0.05) is 5.69 Å². The largest absolute Gasteiger partial charge is 0.462 e. The van der Waals surface area contributed by atoms with Crippen molar-refractivity contribution in [3.8, 4) is 0 Å². The Hall–Kier alpha value is -2.69. The smallest absolute Gasteiger partial charge is 0.338 e. The van der Waals surface area contributed by atoms with Gasteiger partial charge in [-0.25, -0.2) is 9.18 Å². The summed E-state index contributed by atoms with van der Waals surface area (Å²) in [7, 11) is 0. The minimum atomic E-state index is -0.433. The molecule has 0 aromatic heterocycles. The number of ether oxygens (including phenoxy) is 1. The summed E-state index contributed by atoms with van der Waals surface area (Å²) in [5, 5.41) is 2.70. The van der Waals surface area contributed by atoms with Gasteiger partial charge in [-0.3, -0.25) is 4.79 Å². The van der Waals surface area contributed by atoms with Crippen LogP contribution in [0.5, 0.6) is 0 Å². The van der Waals surface area contributed by atoms with Gasteiger partial charge in [0.2, 0.25) is 5.91 Å². The topological polar surface area (TPSA) is 55.4 Å². The zero-order valence-corrected chi connectivity index (χ0v) is 12.1. The molecule has 0 heterocycles. The third-order valence-electron chi connectivity index (χ3n) is 2.94. The van der Waals surface area contributed by atoms with Gasteiger partial charge in [-0.15, -0.1) is 0 Å². The lowest BCUT2D eigenvalue weighted by molar-refractivity contribution is -0.115. The number of carbonyl (C=O) groups is 2. The van der Waals surface area contributed by atoms with Crippen LogP contribution in [0.2, 0.25) is 0 Å². The molecule has 0 radical (unpaired) electrons. The van der Waals surface area contributed by atoms with Gasteiger partial charge in [-0.2, -0.15) is 0 Å². The molecule has 2 aromatic carbocycles. The molecular weight excluding hydrogens is 285 g/mol. The highest BCUT2D eigenvalue weighted by atomic mass is 19.1. The van der Waals surface area contributed by atoms with Gasteiger partial charge in [0.15, 0.2) is 0 Å². The number of nitrogens with one attached hydrogen (secondary N) is 1. The molecule has 0 aliphatic rings. The highest BCUT2D eigenvalue weighted by Crippen LogP contribution is 2.13. The monoisotopic (exact) mass is 301 g/mol. The van der Waals surface area contributed by atoms with E-state index in [1.54, 1.807) is 43.3 Å². The minimum Gasteiger partial charge on any atom is -0.462 e. The number of rotatable bonds is 5. The fourth-order valence-electron chi connectivity index (χ4n) is 1.93. The molecule has 4 nitrogen and oxygen atoms in total. The Kier molecular flexibility index (Phi) is 5.25. The normalized spacial score (nSPS) is 10.1. The van der Waals surface area contributed by atoms with E-state index >= 15 is 0 Å². The molecule has 0 saturated carbocycles. The third-order valence-corrected chi connectivity index (χ3v) is 2.94. The molecule has 2 aromatic rings. The van der Waals surface area contributed by atoms with Crippen LogP contribution in [0.1, 0.15) is 22.8 Å². The van der Waals surface area contributed by atoms with Crippen molar-refractivity contribution in [2.24, 2.45) is 0 Å². The SMILES string of the molecule is CCOC(=O)c1cccc(NC(=O)Cc2ccc(F)cc2)c1. The number of amides is 1. The number of esters is 1. The number of halogens is 1. The number of carbonyl (C=O) groups excluding carboxylic acids is 2. The van der Waals surface area contributed by atoms with E-state index in [2.05, 4.69) is 5.32 Å². The van der Waals surface area contributed by atoms with E-state index in [9.17, 15) is 14.0 Å². The second-order valence-electron chi connectivity index (χ2n) is 4.65. The first-order chi connectivity index (χ1) is 10.6. The Morgan fingerprint density at radius 3 is 2.55 bits per heavy atom. The van der Waals surface area contributed by atoms with Crippen LogP contribution in [0, 0.1) is 5.82 Å². The maximum atomic E-state index is 12.8. The second kappa shape index (κ2) is 7.36. The first-order valence-corrected chi connectivity index (χ1v) is 6.90. The molecule has 22 heavy (non-hydrogen) atoms. The lowest BCUT2D eigenvalue weighted by Gasteiger charge is -2.07. The Morgan fingerprint density at radius 1 is 1.14 bits per heavy atom. The molecule has 1 amide bonds. The van der Waals surface area contributed by atoms with Crippen molar-refractivity contribution in [2.75, 3.05) is 11.9 Å². The lowest BCUT2D eigenvalue weighted by Crippen LogP contribution is -2.15. The van der Waals surface area contributed by atoms with Crippen LogP contribution in [-0.2, 0) is 16.0 Å². The molecule has 114 valence electrons. The maximum Gasteiger partial charge on any atom is 0.338 e. The summed E-state index contributed by atoms with van der Waals surface area (Å²) in [5.41, 5.74) is 1.60. The summed E-state index contributed by atoms with van der Waals surface area (Å²) in [6.45, 7) is 2.02. The summed E-state index contributed by atoms with van der Waals surface area (Å²) in [5.74, 6) is -1.02. The molecule has 0 fully saturated rings. The molecule has 1 N–H and O–H groups in total. The number of hydrogen-bond donors (Lipinski definition) is 1. The van der Waals surface area contributed by atoms with Crippen molar-refractivity contribution in [2.45, 2.75) is 13.3 Å².